The molecule has 0 aliphatic heterocycles. The first kappa shape index (κ1) is 14.2. The van der Waals surface area contributed by atoms with Gasteiger partial charge in [-0.25, -0.2) is 4.79 Å². The van der Waals surface area contributed by atoms with E-state index < -0.39 is 0 Å². The van der Waals surface area contributed by atoms with Crippen LogP contribution in [0, 0.1) is 17.8 Å². The zero-order chi connectivity index (χ0) is 15.3. The van der Waals surface area contributed by atoms with E-state index in [1.54, 1.807) is 18.2 Å². The molecule has 4 aliphatic rings. The summed E-state index contributed by atoms with van der Waals surface area (Å²) in [4.78, 5) is 12.4. The Kier molecular flexibility index (Phi) is 3.26. The number of benzene rings is 1. The van der Waals surface area contributed by atoms with E-state index in [2.05, 4.69) is 10.6 Å². The maximum Gasteiger partial charge on any atom is 0.319 e. The molecule has 0 aromatic heterocycles. The molecule has 5 heteroatoms. The summed E-state index contributed by atoms with van der Waals surface area (Å²) in [5, 5.41) is 6.64. The second-order valence-electron chi connectivity index (χ2n) is 7.51. The molecule has 0 heterocycles. The van der Waals surface area contributed by atoms with Gasteiger partial charge in [0.05, 0.1) is 10.7 Å². The van der Waals surface area contributed by atoms with E-state index in [-0.39, 0.29) is 11.6 Å². The number of amides is 2. The number of carbonyl (C=O) groups is 1. The average molecular weight is 320 g/mol. The number of rotatable bonds is 2. The first-order valence-electron chi connectivity index (χ1n) is 8.15. The minimum atomic E-state index is -0.122. The van der Waals surface area contributed by atoms with E-state index in [0.717, 1.165) is 37.0 Å². The zero-order valence-electron chi connectivity index (χ0n) is 12.6. The first-order valence-corrected chi connectivity index (χ1v) is 8.53. The molecule has 4 nitrogen and oxygen atoms in total. The van der Waals surface area contributed by atoms with Gasteiger partial charge in [0, 0.05) is 11.2 Å². The van der Waals surface area contributed by atoms with Crippen LogP contribution in [0.5, 0.6) is 0 Å². The van der Waals surface area contributed by atoms with E-state index in [1.807, 2.05) is 0 Å². The number of carbonyl (C=O) groups excluding carboxylic acids is 1. The minimum Gasteiger partial charge on any atom is -0.398 e. The molecule has 5 rings (SSSR count). The predicted octanol–water partition coefficient (Wildman–Crippen LogP) is 4.01. The zero-order valence-corrected chi connectivity index (χ0v) is 13.3. The summed E-state index contributed by atoms with van der Waals surface area (Å²) in [7, 11) is 0. The quantitative estimate of drug-likeness (QED) is 0.721. The molecule has 0 radical (unpaired) electrons. The lowest BCUT2D eigenvalue weighted by molar-refractivity contribution is -0.0127. The molecular weight excluding hydrogens is 298 g/mol. The van der Waals surface area contributed by atoms with Gasteiger partial charge in [0.25, 0.3) is 0 Å². The molecule has 4 N–H and O–H groups in total. The Morgan fingerprint density at radius 1 is 1.14 bits per heavy atom. The topological polar surface area (TPSA) is 67.1 Å². The van der Waals surface area contributed by atoms with Crippen molar-refractivity contribution in [3.05, 3.63) is 23.2 Å². The van der Waals surface area contributed by atoms with Crippen LogP contribution in [0.3, 0.4) is 0 Å². The largest absolute Gasteiger partial charge is 0.398 e. The number of anilines is 2. The standard InChI is InChI=1S/C17H22ClN3O/c18-14-6-13(1-2-15(14)19)20-16(22)21-17-7-10-3-11(8-17)5-12(4-10)9-17/h1-2,6,10-12H,3-5,7-9,19H2,(H2,20,21,22). The van der Waals surface area contributed by atoms with Crippen molar-refractivity contribution in [2.24, 2.45) is 17.8 Å². The summed E-state index contributed by atoms with van der Waals surface area (Å²) in [5.41, 5.74) is 6.92. The molecule has 2 amide bonds. The Balaban J connectivity index is 1.44. The van der Waals surface area contributed by atoms with Gasteiger partial charge in [-0.05, 0) is 74.5 Å². The molecule has 0 atom stereocenters. The van der Waals surface area contributed by atoms with Gasteiger partial charge in [-0.1, -0.05) is 11.6 Å². The van der Waals surface area contributed by atoms with Gasteiger partial charge >= 0.3 is 6.03 Å². The van der Waals surface area contributed by atoms with Crippen LogP contribution in [0.1, 0.15) is 38.5 Å². The van der Waals surface area contributed by atoms with Crippen molar-refractivity contribution in [2.75, 3.05) is 11.1 Å². The number of nitrogens with two attached hydrogens (primary N) is 1. The van der Waals surface area contributed by atoms with E-state index in [0.29, 0.717) is 16.4 Å². The van der Waals surface area contributed by atoms with Crippen LogP contribution in [0.2, 0.25) is 5.02 Å². The maximum atomic E-state index is 12.4. The fourth-order valence-electron chi connectivity index (χ4n) is 5.27. The molecule has 0 saturated heterocycles. The fraction of sp³-hybridized carbons (Fsp3) is 0.588. The average Bonchev–Trinajstić information content (AvgIpc) is 2.40. The summed E-state index contributed by atoms with van der Waals surface area (Å²) >= 11 is 6.00. The number of nitrogen functional groups attached to an aromatic ring is 1. The third kappa shape index (κ3) is 2.54. The molecule has 4 aliphatic carbocycles. The number of nitrogens with one attached hydrogen (secondary N) is 2. The molecular formula is C17H22ClN3O. The van der Waals surface area contributed by atoms with Gasteiger partial charge in [0.2, 0.25) is 0 Å². The SMILES string of the molecule is Nc1ccc(NC(=O)NC23CC4CC(CC(C4)C2)C3)cc1Cl. The highest BCUT2D eigenvalue weighted by atomic mass is 35.5. The lowest BCUT2D eigenvalue weighted by atomic mass is 9.53. The third-order valence-electron chi connectivity index (χ3n) is 5.68. The summed E-state index contributed by atoms with van der Waals surface area (Å²) in [6.07, 6.45) is 7.56. The predicted molar refractivity (Wildman–Crippen MR) is 88.9 cm³/mol. The molecule has 4 fully saturated rings. The fourth-order valence-corrected chi connectivity index (χ4v) is 5.45. The Labute approximate surface area is 135 Å². The smallest absolute Gasteiger partial charge is 0.319 e. The first-order chi connectivity index (χ1) is 10.5. The summed E-state index contributed by atoms with van der Waals surface area (Å²) in [6.45, 7) is 0. The Morgan fingerprint density at radius 2 is 1.73 bits per heavy atom. The van der Waals surface area contributed by atoms with Crippen molar-refractivity contribution >= 4 is 29.0 Å². The van der Waals surface area contributed by atoms with Gasteiger partial charge in [-0.15, -0.1) is 0 Å². The van der Waals surface area contributed by atoms with E-state index >= 15 is 0 Å². The second kappa shape index (κ2) is 5.05. The van der Waals surface area contributed by atoms with Crippen LogP contribution in [0.25, 0.3) is 0 Å². The van der Waals surface area contributed by atoms with Crippen molar-refractivity contribution in [1.82, 2.24) is 5.32 Å². The lowest BCUT2D eigenvalue weighted by Gasteiger charge is -2.56. The molecule has 0 spiro atoms. The van der Waals surface area contributed by atoms with E-state index in [1.165, 1.54) is 19.3 Å². The maximum absolute atomic E-state index is 12.4. The van der Waals surface area contributed by atoms with Gasteiger partial charge in [-0.2, -0.15) is 0 Å². The van der Waals surface area contributed by atoms with Crippen LogP contribution in [-0.2, 0) is 0 Å². The summed E-state index contributed by atoms with van der Waals surface area (Å²) in [6, 6.07) is 5.06. The summed E-state index contributed by atoms with van der Waals surface area (Å²) < 4.78 is 0. The van der Waals surface area contributed by atoms with Crippen LogP contribution < -0.4 is 16.4 Å². The molecule has 22 heavy (non-hydrogen) atoms. The Hall–Kier alpha value is -1.42. The molecule has 118 valence electrons. The molecule has 4 bridgehead atoms. The van der Waals surface area contributed by atoms with Crippen molar-refractivity contribution < 1.29 is 4.79 Å². The van der Waals surface area contributed by atoms with Crippen LogP contribution in [0.4, 0.5) is 16.2 Å². The van der Waals surface area contributed by atoms with Crippen molar-refractivity contribution in [1.29, 1.82) is 0 Å². The van der Waals surface area contributed by atoms with Crippen molar-refractivity contribution in [3.8, 4) is 0 Å². The van der Waals surface area contributed by atoms with Gasteiger partial charge in [0.1, 0.15) is 0 Å². The number of halogens is 1. The van der Waals surface area contributed by atoms with Gasteiger partial charge in [0.15, 0.2) is 0 Å². The monoisotopic (exact) mass is 319 g/mol. The highest BCUT2D eigenvalue weighted by Crippen LogP contribution is 2.55. The van der Waals surface area contributed by atoms with Crippen molar-refractivity contribution in [3.63, 3.8) is 0 Å². The lowest BCUT2D eigenvalue weighted by Crippen LogP contribution is -2.60. The van der Waals surface area contributed by atoms with Gasteiger partial charge < -0.3 is 16.4 Å². The van der Waals surface area contributed by atoms with Crippen molar-refractivity contribution in [2.45, 2.75) is 44.1 Å². The second-order valence-corrected chi connectivity index (χ2v) is 7.92. The minimum absolute atomic E-state index is 0.0242. The van der Waals surface area contributed by atoms with Crippen LogP contribution >= 0.6 is 11.6 Å². The van der Waals surface area contributed by atoms with Crippen LogP contribution in [0.15, 0.2) is 18.2 Å². The molecule has 4 saturated carbocycles. The highest BCUT2D eigenvalue weighted by Gasteiger charge is 2.51. The normalized spacial score (nSPS) is 35.4. The molecule has 1 aromatic rings. The Bertz CT molecular complexity index is 581. The number of hydrogen-bond acceptors (Lipinski definition) is 2. The molecule has 1 aromatic carbocycles. The van der Waals surface area contributed by atoms with E-state index in [4.69, 9.17) is 17.3 Å². The molecule has 0 unspecified atom stereocenters. The summed E-state index contributed by atoms with van der Waals surface area (Å²) in [5.74, 6) is 2.45. The van der Waals surface area contributed by atoms with Gasteiger partial charge in [-0.3, -0.25) is 0 Å². The van der Waals surface area contributed by atoms with E-state index in [9.17, 15) is 4.79 Å². The van der Waals surface area contributed by atoms with Crippen LogP contribution in [-0.4, -0.2) is 11.6 Å². The number of hydrogen-bond donors (Lipinski definition) is 3. The third-order valence-corrected chi connectivity index (χ3v) is 6.00. The number of urea groups is 1. The highest BCUT2D eigenvalue weighted by molar-refractivity contribution is 6.33. The Morgan fingerprint density at radius 3 is 2.27 bits per heavy atom.